The van der Waals surface area contributed by atoms with Crippen molar-refractivity contribution in [2.75, 3.05) is 25.1 Å². The van der Waals surface area contributed by atoms with Gasteiger partial charge in [-0.05, 0) is 6.42 Å². The van der Waals surface area contributed by atoms with Gasteiger partial charge in [0.05, 0.1) is 19.9 Å². The summed E-state index contributed by atoms with van der Waals surface area (Å²) < 4.78 is 5.16. The molecule has 0 bridgehead atoms. The molecule has 1 aromatic rings. The highest BCUT2D eigenvalue weighted by molar-refractivity contribution is 5.84. The van der Waals surface area contributed by atoms with Crippen molar-refractivity contribution in [2.45, 2.75) is 12.8 Å². The van der Waals surface area contributed by atoms with E-state index in [2.05, 4.69) is 9.97 Å². The number of carbonyl (C=O) groups is 1. The van der Waals surface area contributed by atoms with Gasteiger partial charge in [0.1, 0.15) is 6.33 Å². The smallest absolute Gasteiger partial charge is 0.179 e. The average molecular weight is 207 g/mol. The number of hydrogen-bond acceptors (Lipinski definition) is 5. The number of anilines is 1. The van der Waals surface area contributed by atoms with Gasteiger partial charge in [0, 0.05) is 13.0 Å². The van der Waals surface area contributed by atoms with Gasteiger partial charge in [0.25, 0.3) is 0 Å². The molecule has 0 aliphatic carbocycles. The molecule has 1 saturated heterocycles. The highest BCUT2D eigenvalue weighted by atomic mass is 16.5. The van der Waals surface area contributed by atoms with Gasteiger partial charge < -0.3 is 9.64 Å². The molecule has 0 spiro atoms. The van der Waals surface area contributed by atoms with Crippen molar-refractivity contribution in [3.05, 3.63) is 12.5 Å². The number of hydrogen-bond donors (Lipinski definition) is 0. The lowest BCUT2D eigenvalue weighted by Crippen LogP contribution is -2.36. The van der Waals surface area contributed by atoms with E-state index in [1.165, 1.54) is 6.33 Å². The van der Waals surface area contributed by atoms with Crippen LogP contribution < -0.4 is 9.64 Å². The van der Waals surface area contributed by atoms with E-state index in [0.717, 1.165) is 13.0 Å². The normalized spacial score (nSPS) is 16.6. The van der Waals surface area contributed by atoms with Crippen molar-refractivity contribution < 1.29 is 9.53 Å². The van der Waals surface area contributed by atoms with Crippen LogP contribution >= 0.6 is 0 Å². The van der Waals surface area contributed by atoms with Crippen LogP contribution in [0.4, 0.5) is 5.82 Å². The number of carbonyl (C=O) groups excluding carboxylic acids is 1. The molecule has 80 valence electrons. The van der Waals surface area contributed by atoms with Crippen LogP contribution in [0.25, 0.3) is 0 Å². The van der Waals surface area contributed by atoms with E-state index in [0.29, 0.717) is 24.5 Å². The topological polar surface area (TPSA) is 55.3 Å². The highest BCUT2D eigenvalue weighted by Crippen LogP contribution is 2.25. The minimum absolute atomic E-state index is 0.252. The molecular formula is C10H13N3O2. The third-order valence-corrected chi connectivity index (χ3v) is 2.43. The first kappa shape index (κ1) is 9.89. The van der Waals surface area contributed by atoms with Gasteiger partial charge >= 0.3 is 0 Å². The molecule has 0 atom stereocenters. The molecule has 0 radical (unpaired) electrons. The van der Waals surface area contributed by atoms with Crippen molar-refractivity contribution in [3.63, 3.8) is 0 Å². The fourth-order valence-electron chi connectivity index (χ4n) is 1.71. The molecule has 1 fully saturated rings. The molecule has 2 heterocycles. The van der Waals surface area contributed by atoms with Crippen LogP contribution in [0.2, 0.25) is 0 Å². The summed E-state index contributed by atoms with van der Waals surface area (Å²) in [5, 5.41) is 0. The summed E-state index contributed by atoms with van der Waals surface area (Å²) in [6.45, 7) is 1.27. The Morgan fingerprint density at radius 2 is 2.40 bits per heavy atom. The summed E-state index contributed by atoms with van der Waals surface area (Å²) in [6, 6.07) is 0. The lowest BCUT2D eigenvalue weighted by molar-refractivity contribution is -0.118. The van der Waals surface area contributed by atoms with E-state index in [4.69, 9.17) is 4.74 Å². The number of piperidine rings is 1. The van der Waals surface area contributed by atoms with Crippen molar-refractivity contribution in [2.24, 2.45) is 0 Å². The van der Waals surface area contributed by atoms with Gasteiger partial charge in [0.15, 0.2) is 17.4 Å². The molecule has 0 amide bonds. The second-order valence-electron chi connectivity index (χ2n) is 3.48. The number of ketones is 1. The van der Waals surface area contributed by atoms with Crippen LogP contribution in [0.5, 0.6) is 5.75 Å². The number of Topliss-reactive ketones (excluding diaryl/α,β-unsaturated/α-hetero) is 1. The van der Waals surface area contributed by atoms with Crippen LogP contribution in [-0.2, 0) is 4.79 Å². The van der Waals surface area contributed by atoms with E-state index >= 15 is 0 Å². The lowest BCUT2D eigenvalue weighted by Gasteiger charge is -2.27. The maximum absolute atomic E-state index is 11.3. The van der Waals surface area contributed by atoms with Crippen LogP contribution in [0.1, 0.15) is 12.8 Å². The predicted molar refractivity (Wildman–Crippen MR) is 55.0 cm³/mol. The number of aromatic nitrogens is 2. The fourth-order valence-corrected chi connectivity index (χ4v) is 1.71. The third kappa shape index (κ3) is 2.06. The van der Waals surface area contributed by atoms with Gasteiger partial charge in [-0.3, -0.25) is 4.79 Å². The minimum atomic E-state index is 0.252. The molecule has 1 aliphatic rings. The molecule has 1 aromatic heterocycles. The predicted octanol–water partition coefficient (Wildman–Crippen LogP) is 0.654. The monoisotopic (exact) mass is 207 g/mol. The lowest BCUT2D eigenvalue weighted by atomic mass is 10.1. The zero-order valence-electron chi connectivity index (χ0n) is 8.64. The molecule has 5 nitrogen and oxygen atoms in total. The van der Waals surface area contributed by atoms with Gasteiger partial charge in [-0.2, -0.15) is 0 Å². The van der Waals surface area contributed by atoms with Gasteiger partial charge in [0.2, 0.25) is 0 Å². The second-order valence-corrected chi connectivity index (χ2v) is 3.48. The number of methoxy groups -OCH3 is 1. The summed E-state index contributed by atoms with van der Waals surface area (Å²) >= 11 is 0. The van der Waals surface area contributed by atoms with Crippen molar-refractivity contribution >= 4 is 11.6 Å². The van der Waals surface area contributed by atoms with E-state index in [1.807, 2.05) is 4.90 Å². The fraction of sp³-hybridized carbons (Fsp3) is 0.500. The molecule has 15 heavy (non-hydrogen) atoms. The second kappa shape index (κ2) is 4.25. The minimum Gasteiger partial charge on any atom is -0.491 e. The van der Waals surface area contributed by atoms with Gasteiger partial charge in [-0.25, -0.2) is 9.97 Å². The first-order chi connectivity index (χ1) is 7.31. The third-order valence-electron chi connectivity index (χ3n) is 2.43. The molecule has 0 unspecified atom stereocenters. The molecule has 0 saturated carbocycles. The Morgan fingerprint density at radius 3 is 3.13 bits per heavy atom. The molecule has 1 aliphatic heterocycles. The van der Waals surface area contributed by atoms with Gasteiger partial charge in [-0.1, -0.05) is 0 Å². The Kier molecular flexibility index (Phi) is 2.80. The SMILES string of the molecule is COc1cncnc1N1CCCC(=O)C1. The maximum Gasteiger partial charge on any atom is 0.179 e. The van der Waals surface area contributed by atoms with Crippen LogP contribution in [0.3, 0.4) is 0 Å². The van der Waals surface area contributed by atoms with Crippen molar-refractivity contribution in [1.29, 1.82) is 0 Å². The Bertz CT molecular complexity index is 367. The first-order valence-corrected chi connectivity index (χ1v) is 4.92. The van der Waals surface area contributed by atoms with Crippen molar-refractivity contribution in [3.8, 4) is 5.75 Å². The largest absolute Gasteiger partial charge is 0.491 e. The van der Waals surface area contributed by atoms with Crippen LogP contribution in [0, 0.1) is 0 Å². The molecule has 0 N–H and O–H groups in total. The Morgan fingerprint density at radius 1 is 1.53 bits per heavy atom. The summed E-state index contributed by atoms with van der Waals surface area (Å²) in [4.78, 5) is 21.3. The van der Waals surface area contributed by atoms with Crippen LogP contribution in [0.15, 0.2) is 12.5 Å². The molecule has 2 rings (SSSR count). The summed E-state index contributed by atoms with van der Waals surface area (Å²) in [5.41, 5.74) is 0. The standard InChI is InChI=1S/C10H13N3O2/c1-15-9-5-11-7-12-10(9)13-4-2-3-8(14)6-13/h5,7H,2-4,6H2,1H3. The number of nitrogens with zero attached hydrogens (tertiary/aromatic N) is 3. The van der Waals surface area contributed by atoms with Gasteiger partial charge in [-0.15, -0.1) is 0 Å². The summed E-state index contributed by atoms with van der Waals surface area (Å²) in [6.07, 6.45) is 4.63. The molecule has 5 heteroatoms. The Labute approximate surface area is 88.1 Å². The zero-order valence-corrected chi connectivity index (χ0v) is 8.64. The van der Waals surface area contributed by atoms with E-state index in [-0.39, 0.29) is 5.78 Å². The van der Waals surface area contributed by atoms with E-state index in [9.17, 15) is 4.79 Å². The molecular weight excluding hydrogens is 194 g/mol. The van der Waals surface area contributed by atoms with E-state index < -0.39 is 0 Å². The first-order valence-electron chi connectivity index (χ1n) is 4.92. The Balaban J connectivity index is 2.24. The molecule has 0 aromatic carbocycles. The Hall–Kier alpha value is -1.65. The zero-order chi connectivity index (χ0) is 10.7. The van der Waals surface area contributed by atoms with E-state index in [1.54, 1.807) is 13.3 Å². The number of rotatable bonds is 2. The maximum atomic E-state index is 11.3. The van der Waals surface area contributed by atoms with Crippen molar-refractivity contribution in [1.82, 2.24) is 9.97 Å². The van der Waals surface area contributed by atoms with Crippen LogP contribution in [-0.4, -0.2) is 36.0 Å². The number of ether oxygens (including phenoxy) is 1. The average Bonchev–Trinajstić information content (AvgIpc) is 2.29. The highest BCUT2D eigenvalue weighted by Gasteiger charge is 2.20. The quantitative estimate of drug-likeness (QED) is 0.712. The summed E-state index contributed by atoms with van der Waals surface area (Å²) in [7, 11) is 1.58. The summed E-state index contributed by atoms with van der Waals surface area (Å²) in [5.74, 6) is 1.58.